The minimum atomic E-state index is -0.442. The first-order valence-electron chi connectivity index (χ1n) is 10.3. The molecule has 3 aromatic rings. The first kappa shape index (κ1) is 20.8. The molecular formula is C24H25N3O4. The fourth-order valence-corrected chi connectivity index (χ4v) is 4.11. The number of likely N-dealkylation sites (tertiary alicyclic amines) is 1. The number of aliphatic hydroxyl groups excluding tert-OH is 1. The summed E-state index contributed by atoms with van der Waals surface area (Å²) in [5, 5.41) is 20.3. The Morgan fingerprint density at radius 2 is 1.97 bits per heavy atom. The molecule has 0 saturated carbocycles. The summed E-state index contributed by atoms with van der Waals surface area (Å²) < 4.78 is 13.1. The molecule has 0 bridgehead atoms. The van der Waals surface area contributed by atoms with Crippen LogP contribution in [-0.2, 0) is 11.3 Å². The molecule has 7 nitrogen and oxygen atoms in total. The molecule has 31 heavy (non-hydrogen) atoms. The second kappa shape index (κ2) is 8.70. The van der Waals surface area contributed by atoms with E-state index >= 15 is 0 Å². The fourth-order valence-electron chi connectivity index (χ4n) is 4.11. The number of fused-ring (bicyclic) bond motifs is 1. The molecule has 0 spiro atoms. The van der Waals surface area contributed by atoms with Gasteiger partial charge in [-0.05, 0) is 55.3 Å². The number of aliphatic hydroxyl groups is 1. The molecule has 1 atom stereocenters. The van der Waals surface area contributed by atoms with Gasteiger partial charge in [-0.25, -0.2) is 0 Å². The Hall–Kier alpha value is -3.50. The number of aryl methyl sites for hydroxylation is 1. The number of nitriles is 1. The van der Waals surface area contributed by atoms with Crippen molar-refractivity contribution in [3.63, 3.8) is 0 Å². The van der Waals surface area contributed by atoms with Crippen LogP contribution in [0.15, 0.2) is 42.5 Å². The van der Waals surface area contributed by atoms with Gasteiger partial charge in [0.2, 0.25) is 0 Å². The molecule has 2 aromatic carbocycles. The number of carbonyl (C=O) groups excluding carboxylic acids is 1. The van der Waals surface area contributed by atoms with Gasteiger partial charge in [0.05, 0.1) is 30.0 Å². The van der Waals surface area contributed by atoms with Crippen molar-refractivity contribution in [2.75, 3.05) is 26.8 Å². The van der Waals surface area contributed by atoms with E-state index in [4.69, 9.17) is 9.47 Å². The highest BCUT2D eigenvalue weighted by atomic mass is 16.5. The number of carbonyl (C=O) groups is 1. The van der Waals surface area contributed by atoms with E-state index in [0.717, 1.165) is 27.9 Å². The maximum atomic E-state index is 12.2. The molecule has 2 heterocycles. The van der Waals surface area contributed by atoms with Gasteiger partial charge < -0.3 is 24.0 Å². The standard InChI is InChI=1S/C24H25N3O4/c1-3-27-22-12-19(30-2)8-9-20(22)21(13-25)24(27)16-4-6-18(7-5-16)31-15-23(29)26-11-10-17(28)14-26/h4-9,12,17,28H,3,10-11,14-15H2,1-2H3. The van der Waals surface area contributed by atoms with Gasteiger partial charge in [0.1, 0.15) is 17.6 Å². The average Bonchev–Trinajstić information content (AvgIpc) is 3.37. The first-order chi connectivity index (χ1) is 15.0. The zero-order valence-electron chi connectivity index (χ0n) is 17.7. The van der Waals surface area contributed by atoms with Gasteiger partial charge in [-0.15, -0.1) is 0 Å². The summed E-state index contributed by atoms with van der Waals surface area (Å²) in [6.45, 7) is 3.61. The lowest BCUT2D eigenvalue weighted by Gasteiger charge is -2.16. The fraction of sp³-hybridized carbons (Fsp3) is 0.333. The molecule has 7 heteroatoms. The Labute approximate surface area is 181 Å². The van der Waals surface area contributed by atoms with Gasteiger partial charge in [0.25, 0.3) is 5.91 Å². The number of ether oxygens (including phenoxy) is 2. The highest BCUT2D eigenvalue weighted by Crippen LogP contribution is 2.35. The number of rotatable bonds is 6. The van der Waals surface area contributed by atoms with Gasteiger partial charge in [-0.2, -0.15) is 5.26 Å². The second-order valence-electron chi connectivity index (χ2n) is 7.56. The van der Waals surface area contributed by atoms with Gasteiger partial charge in [0, 0.05) is 31.1 Å². The third-order valence-corrected chi connectivity index (χ3v) is 5.71. The van der Waals surface area contributed by atoms with E-state index in [2.05, 4.69) is 10.6 Å². The third-order valence-electron chi connectivity index (χ3n) is 5.71. The van der Waals surface area contributed by atoms with Crippen molar-refractivity contribution in [1.82, 2.24) is 9.47 Å². The minimum absolute atomic E-state index is 0.0650. The van der Waals surface area contributed by atoms with Crippen LogP contribution >= 0.6 is 0 Å². The average molecular weight is 419 g/mol. The first-order valence-corrected chi connectivity index (χ1v) is 10.3. The molecule has 0 aliphatic carbocycles. The number of hydrogen-bond acceptors (Lipinski definition) is 5. The van der Waals surface area contributed by atoms with E-state index in [1.165, 1.54) is 0 Å². The quantitative estimate of drug-likeness (QED) is 0.663. The maximum absolute atomic E-state index is 12.2. The predicted molar refractivity (Wildman–Crippen MR) is 117 cm³/mol. The normalized spacial score (nSPS) is 15.8. The molecule has 1 aromatic heterocycles. The second-order valence-corrected chi connectivity index (χ2v) is 7.56. The number of nitrogens with zero attached hydrogens (tertiary/aromatic N) is 3. The predicted octanol–water partition coefficient (Wildman–Crippen LogP) is 3.18. The van der Waals surface area contributed by atoms with Crippen molar-refractivity contribution in [2.45, 2.75) is 26.0 Å². The molecule has 160 valence electrons. The summed E-state index contributed by atoms with van der Waals surface area (Å²) in [5.41, 5.74) is 3.32. The van der Waals surface area contributed by atoms with Crippen LogP contribution in [0.1, 0.15) is 18.9 Å². The number of β-amino-alcohol motifs (C(OH)–C–C–N with tert-alkyl or cyclic N) is 1. The van der Waals surface area contributed by atoms with Crippen LogP contribution < -0.4 is 9.47 Å². The van der Waals surface area contributed by atoms with Crippen molar-refractivity contribution >= 4 is 16.8 Å². The smallest absolute Gasteiger partial charge is 0.260 e. The van der Waals surface area contributed by atoms with Crippen molar-refractivity contribution in [1.29, 1.82) is 5.26 Å². The molecule has 1 saturated heterocycles. The molecule has 1 unspecified atom stereocenters. The maximum Gasteiger partial charge on any atom is 0.260 e. The van der Waals surface area contributed by atoms with E-state index < -0.39 is 6.10 Å². The summed E-state index contributed by atoms with van der Waals surface area (Å²) in [6, 6.07) is 15.5. The highest BCUT2D eigenvalue weighted by Gasteiger charge is 2.24. The minimum Gasteiger partial charge on any atom is -0.497 e. The molecule has 1 aliphatic heterocycles. The molecule has 1 aliphatic rings. The van der Waals surface area contributed by atoms with Crippen molar-refractivity contribution in [2.24, 2.45) is 0 Å². The summed E-state index contributed by atoms with van der Waals surface area (Å²) in [5.74, 6) is 1.19. The Bertz CT molecular complexity index is 1140. The van der Waals surface area contributed by atoms with Gasteiger partial charge in [-0.1, -0.05) is 0 Å². The van der Waals surface area contributed by atoms with E-state index in [1.807, 2.05) is 37.3 Å². The van der Waals surface area contributed by atoms with Crippen LogP contribution in [0.5, 0.6) is 11.5 Å². The molecule has 0 radical (unpaired) electrons. The van der Waals surface area contributed by atoms with Crippen LogP contribution in [0.25, 0.3) is 22.2 Å². The Morgan fingerprint density at radius 3 is 2.58 bits per heavy atom. The van der Waals surface area contributed by atoms with Gasteiger partial charge in [-0.3, -0.25) is 4.79 Å². The molecule has 1 amide bonds. The summed E-state index contributed by atoms with van der Waals surface area (Å²) in [4.78, 5) is 13.8. The topological polar surface area (TPSA) is 87.7 Å². The number of hydrogen-bond donors (Lipinski definition) is 1. The third kappa shape index (κ3) is 3.94. The van der Waals surface area contributed by atoms with Crippen LogP contribution in [-0.4, -0.2) is 53.4 Å². The van der Waals surface area contributed by atoms with Crippen LogP contribution in [0.4, 0.5) is 0 Å². The van der Waals surface area contributed by atoms with Crippen molar-refractivity contribution in [3.8, 4) is 28.8 Å². The van der Waals surface area contributed by atoms with E-state index in [9.17, 15) is 15.2 Å². The highest BCUT2D eigenvalue weighted by molar-refractivity contribution is 5.95. The molecule has 4 rings (SSSR count). The van der Waals surface area contributed by atoms with Crippen molar-refractivity contribution < 1.29 is 19.4 Å². The van der Waals surface area contributed by atoms with Crippen molar-refractivity contribution in [3.05, 3.63) is 48.0 Å². The Kier molecular flexibility index (Phi) is 5.83. The summed E-state index contributed by atoms with van der Waals surface area (Å²) in [7, 11) is 1.63. The lowest BCUT2D eigenvalue weighted by atomic mass is 10.1. The number of methoxy groups -OCH3 is 1. The number of amides is 1. The SMILES string of the molecule is CCn1c(-c2ccc(OCC(=O)N3CCC(O)C3)cc2)c(C#N)c2ccc(OC)cc21. The Balaban J connectivity index is 1.59. The van der Waals surface area contributed by atoms with E-state index in [1.54, 1.807) is 24.1 Å². The molecule has 1 N–H and O–H groups in total. The monoisotopic (exact) mass is 419 g/mol. The Morgan fingerprint density at radius 1 is 1.23 bits per heavy atom. The van der Waals surface area contributed by atoms with Gasteiger partial charge in [0.15, 0.2) is 6.61 Å². The van der Waals surface area contributed by atoms with E-state index in [-0.39, 0.29) is 12.5 Å². The molecule has 1 fully saturated rings. The summed E-state index contributed by atoms with van der Waals surface area (Å²) >= 11 is 0. The van der Waals surface area contributed by atoms with Crippen LogP contribution in [0.2, 0.25) is 0 Å². The van der Waals surface area contributed by atoms with E-state index in [0.29, 0.717) is 37.4 Å². The molecular weight excluding hydrogens is 394 g/mol. The lowest BCUT2D eigenvalue weighted by Crippen LogP contribution is -2.33. The number of benzene rings is 2. The summed E-state index contributed by atoms with van der Waals surface area (Å²) in [6.07, 6.45) is 0.168. The number of aromatic nitrogens is 1. The van der Waals surface area contributed by atoms with Crippen LogP contribution in [0.3, 0.4) is 0 Å². The zero-order chi connectivity index (χ0) is 22.0. The zero-order valence-corrected chi connectivity index (χ0v) is 17.7. The van der Waals surface area contributed by atoms with Gasteiger partial charge >= 0.3 is 0 Å². The van der Waals surface area contributed by atoms with Crippen LogP contribution in [0, 0.1) is 11.3 Å². The lowest BCUT2D eigenvalue weighted by molar-refractivity contribution is -0.132. The largest absolute Gasteiger partial charge is 0.497 e.